The van der Waals surface area contributed by atoms with Crippen molar-refractivity contribution < 1.29 is 0 Å². The average Bonchev–Trinajstić information content (AvgIpc) is 2.34. The van der Waals surface area contributed by atoms with Crippen molar-refractivity contribution in [2.24, 2.45) is 5.92 Å². The van der Waals surface area contributed by atoms with Crippen LogP contribution in [0.15, 0.2) is 43.0 Å². The van der Waals surface area contributed by atoms with E-state index in [1.807, 2.05) is 0 Å². The third kappa shape index (κ3) is 4.91. The Morgan fingerprint density at radius 3 is 2.11 bits per heavy atom. The van der Waals surface area contributed by atoms with Gasteiger partial charge in [-0.2, -0.15) is 0 Å². The quantitative estimate of drug-likeness (QED) is 0.420. The van der Waals surface area contributed by atoms with Crippen LogP contribution in [0, 0.1) is 12.8 Å². The molecule has 0 unspecified atom stereocenters. The maximum atomic E-state index is 4.18. The largest absolute Gasteiger partial charge is 0.0996 e. The van der Waals surface area contributed by atoms with Crippen molar-refractivity contribution in [2.45, 2.75) is 46.5 Å². The molecule has 0 heteroatoms. The lowest BCUT2D eigenvalue weighted by atomic mass is 9.96. The molecule has 0 aromatic heterocycles. The van der Waals surface area contributed by atoms with Crippen LogP contribution < -0.4 is 0 Å². The molecule has 0 bridgehead atoms. The van der Waals surface area contributed by atoms with Crippen LogP contribution in [0.25, 0.3) is 5.57 Å². The molecule has 0 saturated heterocycles. The van der Waals surface area contributed by atoms with Crippen molar-refractivity contribution in [3.05, 3.63) is 54.1 Å². The van der Waals surface area contributed by atoms with Gasteiger partial charge in [-0.3, -0.25) is 0 Å². The van der Waals surface area contributed by atoms with E-state index >= 15 is 0 Å². The van der Waals surface area contributed by atoms with Gasteiger partial charge in [-0.05, 0) is 49.7 Å². The summed E-state index contributed by atoms with van der Waals surface area (Å²) in [6, 6.07) is 8.65. The smallest absolute Gasteiger partial charge is 0.0230 e. The lowest BCUT2D eigenvalue weighted by Gasteiger charge is -2.10. The highest BCUT2D eigenvalue weighted by Crippen LogP contribution is 2.21. The van der Waals surface area contributed by atoms with E-state index in [0.717, 1.165) is 12.8 Å². The van der Waals surface area contributed by atoms with E-state index in [0.29, 0.717) is 5.92 Å². The summed E-state index contributed by atoms with van der Waals surface area (Å²) in [5, 5.41) is 0. The molecule has 0 aliphatic carbocycles. The standard InChI is InChI=1S/C18H26/c1-14(2)16(4)8-6-7-9-17(5)18-12-10-15(3)11-13-18/h10-14H,4-9H2,1-3H3. The monoisotopic (exact) mass is 242 g/mol. The predicted octanol–water partition coefficient (Wildman–Crippen LogP) is 5.78. The Balaban J connectivity index is 2.29. The molecular formula is C18H26. The minimum absolute atomic E-state index is 0.616. The number of hydrogen-bond donors (Lipinski definition) is 0. The van der Waals surface area contributed by atoms with Crippen LogP contribution in [-0.4, -0.2) is 0 Å². The van der Waals surface area contributed by atoms with Crippen molar-refractivity contribution >= 4 is 5.57 Å². The number of benzene rings is 1. The second kappa shape index (κ2) is 7.20. The van der Waals surface area contributed by atoms with E-state index in [2.05, 4.69) is 58.2 Å². The van der Waals surface area contributed by atoms with Gasteiger partial charge in [0.25, 0.3) is 0 Å². The van der Waals surface area contributed by atoms with E-state index in [1.165, 1.54) is 35.1 Å². The van der Waals surface area contributed by atoms with Crippen molar-refractivity contribution in [2.75, 3.05) is 0 Å². The Morgan fingerprint density at radius 2 is 1.56 bits per heavy atom. The lowest BCUT2D eigenvalue weighted by Crippen LogP contribution is -1.92. The fourth-order valence-corrected chi connectivity index (χ4v) is 1.91. The molecule has 1 aromatic carbocycles. The number of aryl methyl sites for hydroxylation is 1. The highest BCUT2D eigenvalue weighted by Gasteiger charge is 2.02. The summed E-state index contributed by atoms with van der Waals surface area (Å²) in [7, 11) is 0. The van der Waals surface area contributed by atoms with Crippen LogP contribution in [0.5, 0.6) is 0 Å². The maximum absolute atomic E-state index is 4.18. The van der Waals surface area contributed by atoms with Crippen LogP contribution in [-0.2, 0) is 0 Å². The Kier molecular flexibility index (Phi) is 5.91. The van der Waals surface area contributed by atoms with Crippen LogP contribution >= 0.6 is 0 Å². The minimum atomic E-state index is 0.616. The van der Waals surface area contributed by atoms with Crippen LogP contribution in [0.1, 0.15) is 50.7 Å². The van der Waals surface area contributed by atoms with Gasteiger partial charge in [0, 0.05) is 0 Å². The van der Waals surface area contributed by atoms with E-state index in [4.69, 9.17) is 0 Å². The van der Waals surface area contributed by atoms with E-state index < -0.39 is 0 Å². The number of unbranched alkanes of at least 4 members (excludes halogenated alkanes) is 1. The molecule has 0 atom stereocenters. The second-order valence-corrected chi connectivity index (χ2v) is 5.49. The van der Waals surface area contributed by atoms with Crippen LogP contribution in [0.3, 0.4) is 0 Å². The number of allylic oxidation sites excluding steroid dienone is 2. The van der Waals surface area contributed by atoms with Crippen LogP contribution in [0.4, 0.5) is 0 Å². The average molecular weight is 242 g/mol. The minimum Gasteiger partial charge on any atom is -0.0996 e. The van der Waals surface area contributed by atoms with Gasteiger partial charge in [-0.25, -0.2) is 0 Å². The normalized spacial score (nSPS) is 10.7. The third-order valence-corrected chi connectivity index (χ3v) is 3.50. The summed E-state index contributed by atoms with van der Waals surface area (Å²) in [6.45, 7) is 14.8. The molecular weight excluding hydrogens is 216 g/mol. The van der Waals surface area contributed by atoms with E-state index in [1.54, 1.807) is 0 Å². The number of rotatable bonds is 7. The van der Waals surface area contributed by atoms with Gasteiger partial charge in [0.05, 0.1) is 0 Å². The Bertz CT molecular complexity index is 393. The summed E-state index contributed by atoms with van der Waals surface area (Å²) < 4.78 is 0. The molecule has 0 radical (unpaired) electrons. The zero-order chi connectivity index (χ0) is 13.5. The fourth-order valence-electron chi connectivity index (χ4n) is 1.91. The van der Waals surface area contributed by atoms with Gasteiger partial charge < -0.3 is 0 Å². The van der Waals surface area contributed by atoms with Crippen molar-refractivity contribution in [3.63, 3.8) is 0 Å². The summed E-state index contributed by atoms with van der Waals surface area (Å²) in [5.41, 5.74) is 5.21. The van der Waals surface area contributed by atoms with Crippen LogP contribution in [0.2, 0.25) is 0 Å². The topological polar surface area (TPSA) is 0 Å². The van der Waals surface area contributed by atoms with Gasteiger partial charge in [0.2, 0.25) is 0 Å². The predicted molar refractivity (Wildman–Crippen MR) is 82.7 cm³/mol. The van der Waals surface area contributed by atoms with E-state index in [9.17, 15) is 0 Å². The van der Waals surface area contributed by atoms with E-state index in [-0.39, 0.29) is 0 Å². The van der Waals surface area contributed by atoms with Crippen molar-refractivity contribution in [1.82, 2.24) is 0 Å². The molecule has 0 spiro atoms. The molecule has 0 saturated carbocycles. The maximum Gasteiger partial charge on any atom is -0.0230 e. The van der Waals surface area contributed by atoms with Crippen molar-refractivity contribution in [1.29, 1.82) is 0 Å². The zero-order valence-corrected chi connectivity index (χ0v) is 12.1. The number of hydrogen-bond acceptors (Lipinski definition) is 0. The molecule has 1 rings (SSSR count). The first-order valence-electron chi connectivity index (χ1n) is 6.93. The summed E-state index contributed by atoms with van der Waals surface area (Å²) in [5.74, 6) is 0.616. The molecule has 0 aliphatic heterocycles. The summed E-state index contributed by atoms with van der Waals surface area (Å²) in [6.07, 6.45) is 4.67. The first-order valence-corrected chi connectivity index (χ1v) is 6.93. The zero-order valence-electron chi connectivity index (χ0n) is 12.1. The third-order valence-electron chi connectivity index (χ3n) is 3.50. The molecule has 0 heterocycles. The molecule has 0 nitrogen and oxygen atoms in total. The Morgan fingerprint density at radius 1 is 1.00 bits per heavy atom. The van der Waals surface area contributed by atoms with Gasteiger partial charge in [-0.15, -0.1) is 0 Å². The first-order chi connectivity index (χ1) is 8.50. The first kappa shape index (κ1) is 14.8. The summed E-state index contributed by atoms with van der Waals surface area (Å²) >= 11 is 0. The second-order valence-electron chi connectivity index (χ2n) is 5.49. The molecule has 1 aromatic rings. The molecule has 0 amide bonds. The van der Waals surface area contributed by atoms with Gasteiger partial charge in [0.15, 0.2) is 0 Å². The van der Waals surface area contributed by atoms with Gasteiger partial charge >= 0.3 is 0 Å². The van der Waals surface area contributed by atoms with Gasteiger partial charge in [0.1, 0.15) is 0 Å². The Hall–Kier alpha value is -1.30. The fraction of sp³-hybridized carbons (Fsp3) is 0.444. The van der Waals surface area contributed by atoms with Crippen molar-refractivity contribution in [3.8, 4) is 0 Å². The summed E-state index contributed by atoms with van der Waals surface area (Å²) in [4.78, 5) is 0. The molecule has 0 N–H and O–H groups in total. The Labute approximate surface area is 112 Å². The molecule has 0 fully saturated rings. The van der Waals surface area contributed by atoms with Gasteiger partial charge in [-0.1, -0.05) is 62.4 Å². The SMILES string of the molecule is C=C(CCCCC(=C)C(C)C)c1ccc(C)cc1. The highest BCUT2D eigenvalue weighted by molar-refractivity contribution is 5.63. The molecule has 18 heavy (non-hydrogen) atoms. The lowest BCUT2D eigenvalue weighted by molar-refractivity contribution is 0.665. The molecule has 98 valence electrons. The highest BCUT2D eigenvalue weighted by atomic mass is 14.1. The molecule has 0 aliphatic rings.